The van der Waals surface area contributed by atoms with Crippen LogP contribution in [0.1, 0.15) is 30.6 Å². The number of nitrogens with zero attached hydrogens (tertiary/aromatic N) is 2. The van der Waals surface area contributed by atoms with Gasteiger partial charge in [-0.3, -0.25) is 14.5 Å². The van der Waals surface area contributed by atoms with Gasteiger partial charge < -0.3 is 10.0 Å². The maximum Gasteiger partial charge on any atom is 0.303 e. The van der Waals surface area contributed by atoms with Gasteiger partial charge in [-0.25, -0.2) is 0 Å². The lowest BCUT2D eigenvalue weighted by Gasteiger charge is -2.33. The molecule has 1 atom stereocenters. The number of hydrogen-bond acceptors (Lipinski definition) is 4. The van der Waals surface area contributed by atoms with E-state index in [2.05, 4.69) is 4.90 Å². The number of rotatable bonds is 7. The normalized spacial score (nSPS) is 18.8. The number of hydrogen-bond donors (Lipinski definition) is 1. The van der Waals surface area contributed by atoms with Crippen LogP contribution in [0.3, 0.4) is 0 Å². The Morgan fingerprint density at radius 1 is 1.48 bits per heavy atom. The lowest BCUT2D eigenvalue weighted by Crippen LogP contribution is -2.43. The minimum atomic E-state index is -0.743. The molecule has 0 aliphatic carbocycles. The highest BCUT2D eigenvalue weighted by molar-refractivity contribution is 7.16. The maximum absolute atomic E-state index is 12.4. The highest BCUT2D eigenvalue weighted by atomic mass is 35.5. The smallest absolute Gasteiger partial charge is 0.303 e. The van der Waals surface area contributed by atoms with Gasteiger partial charge >= 0.3 is 5.97 Å². The average molecular weight is 359 g/mol. The molecule has 5 nitrogen and oxygen atoms in total. The number of amides is 1. The third kappa shape index (κ3) is 6.12. The van der Waals surface area contributed by atoms with Gasteiger partial charge in [-0.15, -0.1) is 11.3 Å². The van der Waals surface area contributed by atoms with Crippen molar-refractivity contribution in [1.82, 2.24) is 9.80 Å². The van der Waals surface area contributed by atoms with Gasteiger partial charge in [0.25, 0.3) is 0 Å². The molecule has 1 aliphatic rings. The van der Waals surface area contributed by atoms with E-state index in [0.29, 0.717) is 25.4 Å². The summed E-state index contributed by atoms with van der Waals surface area (Å²) in [4.78, 5) is 28.0. The lowest BCUT2D eigenvalue weighted by molar-refractivity contribution is -0.137. The first-order valence-corrected chi connectivity index (χ1v) is 9.06. The molecule has 1 aromatic rings. The summed E-state index contributed by atoms with van der Waals surface area (Å²) in [6.45, 7) is 2.71. The van der Waals surface area contributed by atoms with Crippen LogP contribution in [0, 0.1) is 5.92 Å². The van der Waals surface area contributed by atoms with Crippen molar-refractivity contribution in [3.8, 4) is 0 Å². The van der Waals surface area contributed by atoms with Gasteiger partial charge in [0.05, 0.1) is 17.4 Å². The fourth-order valence-corrected chi connectivity index (χ4v) is 4.07. The highest BCUT2D eigenvalue weighted by Crippen LogP contribution is 2.23. The molecule has 1 N–H and O–H groups in total. The van der Waals surface area contributed by atoms with Crippen LogP contribution in [0.2, 0.25) is 4.34 Å². The van der Waals surface area contributed by atoms with E-state index in [9.17, 15) is 9.59 Å². The Balaban J connectivity index is 1.78. The molecule has 2 rings (SSSR count). The minimum absolute atomic E-state index is 0.0911. The Labute approximate surface area is 145 Å². The molecule has 23 heavy (non-hydrogen) atoms. The summed E-state index contributed by atoms with van der Waals surface area (Å²) in [5.41, 5.74) is 0. The number of halogens is 1. The van der Waals surface area contributed by atoms with E-state index < -0.39 is 5.97 Å². The molecule has 1 aliphatic heterocycles. The van der Waals surface area contributed by atoms with Gasteiger partial charge in [0.15, 0.2) is 0 Å². The first-order chi connectivity index (χ1) is 10.9. The topological polar surface area (TPSA) is 60.9 Å². The predicted molar refractivity (Wildman–Crippen MR) is 91.8 cm³/mol. The highest BCUT2D eigenvalue weighted by Gasteiger charge is 2.23. The van der Waals surface area contributed by atoms with Crippen molar-refractivity contribution in [2.24, 2.45) is 5.92 Å². The zero-order chi connectivity index (χ0) is 16.8. The third-order valence-corrected chi connectivity index (χ3v) is 5.39. The van der Waals surface area contributed by atoms with Gasteiger partial charge in [0.1, 0.15) is 0 Å². The molecule has 0 aromatic carbocycles. The monoisotopic (exact) mass is 358 g/mol. The summed E-state index contributed by atoms with van der Waals surface area (Å²) in [6, 6.07) is 3.79. The second-order valence-electron chi connectivity index (χ2n) is 6.13. The molecule has 1 unspecified atom stereocenters. The molecule has 7 heteroatoms. The van der Waals surface area contributed by atoms with Crippen LogP contribution < -0.4 is 0 Å². The summed E-state index contributed by atoms with van der Waals surface area (Å²) in [7, 11) is 1.81. The molecule has 1 aromatic heterocycles. The van der Waals surface area contributed by atoms with Gasteiger partial charge in [0.2, 0.25) is 5.91 Å². The quantitative estimate of drug-likeness (QED) is 0.814. The molecular weight excluding hydrogens is 336 g/mol. The van der Waals surface area contributed by atoms with E-state index in [1.54, 1.807) is 4.90 Å². The van der Waals surface area contributed by atoms with Crippen molar-refractivity contribution in [2.45, 2.75) is 32.2 Å². The van der Waals surface area contributed by atoms with Crippen LogP contribution in [-0.4, -0.2) is 53.5 Å². The summed E-state index contributed by atoms with van der Waals surface area (Å²) < 4.78 is 0.734. The first kappa shape index (κ1) is 18.2. The van der Waals surface area contributed by atoms with Crippen molar-refractivity contribution < 1.29 is 14.7 Å². The van der Waals surface area contributed by atoms with E-state index in [-0.39, 0.29) is 12.3 Å². The Kier molecular flexibility index (Phi) is 6.87. The second kappa shape index (κ2) is 8.66. The first-order valence-electron chi connectivity index (χ1n) is 7.86. The van der Waals surface area contributed by atoms with E-state index in [1.807, 2.05) is 19.2 Å². The summed E-state index contributed by atoms with van der Waals surface area (Å²) >= 11 is 7.40. The Morgan fingerprint density at radius 3 is 2.91 bits per heavy atom. The van der Waals surface area contributed by atoms with Gasteiger partial charge in [-0.05, 0) is 43.9 Å². The zero-order valence-corrected chi connectivity index (χ0v) is 14.9. The number of carboxylic acids is 1. The van der Waals surface area contributed by atoms with Crippen molar-refractivity contribution in [1.29, 1.82) is 0 Å². The third-order valence-electron chi connectivity index (χ3n) is 4.18. The largest absolute Gasteiger partial charge is 0.481 e. The van der Waals surface area contributed by atoms with Crippen molar-refractivity contribution in [3.63, 3.8) is 0 Å². The molecule has 0 saturated carbocycles. The second-order valence-corrected chi connectivity index (χ2v) is 7.93. The number of thiophene rings is 1. The van der Waals surface area contributed by atoms with Gasteiger partial charge in [0, 0.05) is 24.9 Å². The molecule has 1 saturated heterocycles. The molecular formula is C16H23ClN2O3S. The van der Waals surface area contributed by atoms with Crippen LogP contribution in [0.25, 0.3) is 0 Å². The number of carbonyl (C=O) groups is 2. The van der Waals surface area contributed by atoms with Crippen LogP contribution in [0.15, 0.2) is 12.1 Å². The lowest BCUT2D eigenvalue weighted by atomic mass is 9.93. The number of carboxylic acid groups (broad SMARTS) is 1. The summed E-state index contributed by atoms with van der Waals surface area (Å²) in [5, 5.41) is 8.79. The standard InChI is InChI=1S/C16H23ClN2O3S/c1-18(10-13-5-6-14(17)23-13)15(20)11-19-8-2-3-12(9-19)4-7-16(21)22/h5-6,12H,2-4,7-11H2,1H3,(H,21,22). The maximum atomic E-state index is 12.4. The minimum Gasteiger partial charge on any atom is -0.481 e. The number of piperidine rings is 1. The molecule has 0 spiro atoms. The Hall–Kier alpha value is -1.11. The molecule has 0 radical (unpaired) electrons. The molecule has 1 amide bonds. The predicted octanol–water partition coefficient (Wildman–Crippen LogP) is 2.94. The van der Waals surface area contributed by atoms with Crippen molar-refractivity contribution >= 4 is 34.8 Å². The van der Waals surface area contributed by atoms with E-state index >= 15 is 0 Å². The van der Waals surface area contributed by atoms with Gasteiger partial charge in [-0.1, -0.05) is 11.6 Å². The number of likely N-dealkylation sites (tertiary alicyclic amines) is 1. The summed E-state index contributed by atoms with van der Waals surface area (Å²) in [6.07, 6.45) is 3.00. The molecule has 2 heterocycles. The Morgan fingerprint density at radius 2 is 2.26 bits per heavy atom. The fourth-order valence-electron chi connectivity index (χ4n) is 2.93. The summed E-state index contributed by atoms with van der Waals surface area (Å²) in [5.74, 6) is -0.269. The van der Waals surface area contributed by atoms with Crippen molar-refractivity contribution in [3.05, 3.63) is 21.3 Å². The Bertz CT molecular complexity index is 549. The number of likely N-dealkylation sites (N-methyl/N-ethyl adjacent to an activating group) is 1. The zero-order valence-electron chi connectivity index (χ0n) is 13.3. The van der Waals surface area contributed by atoms with Crippen LogP contribution in [0.5, 0.6) is 0 Å². The van der Waals surface area contributed by atoms with Crippen LogP contribution >= 0.6 is 22.9 Å². The fraction of sp³-hybridized carbons (Fsp3) is 0.625. The average Bonchev–Trinajstić information content (AvgIpc) is 2.90. The SMILES string of the molecule is CN(Cc1ccc(Cl)s1)C(=O)CN1CCCC(CCC(=O)O)C1. The number of aliphatic carboxylic acids is 1. The van der Waals surface area contributed by atoms with E-state index in [0.717, 1.165) is 35.1 Å². The molecule has 128 valence electrons. The van der Waals surface area contributed by atoms with Crippen LogP contribution in [-0.2, 0) is 16.1 Å². The molecule has 0 bridgehead atoms. The van der Waals surface area contributed by atoms with E-state index in [1.165, 1.54) is 11.3 Å². The van der Waals surface area contributed by atoms with Crippen molar-refractivity contribution in [2.75, 3.05) is 26.7 Å². The molecule has 1 fully saturated rings. The number of carbonyl (C=O) groups excluding carboxylic acids is 1. The van der Waals surface area contributed by atoms with E-state index in [4.69, 9.17) is 16.7 Å². The van der Waals surface area contributed by atoms with Crippen LogP contribution in [0.4, 0.5) is 0 Å². The van der Waals surface area contributed by atoms with Gasteiger partial charge in [-0.2, -0.15) is 0 Å².